The summed E-state index contributed by atoms with van der Waals surface area (Å²) in [5, 5.41) is 0. The second-order valence-electron chi connectivity index (χ2n) is 5.52. The predicted octanol–water partition coefficient (Wildman–Crippen LogP) is 0.823. The van der Waals surface area contributed by atoms with Gasteiger partial charge in [-0.05, 0) is 5.75 Å². The molecule has 10 heteroatoms. The number of carbonyl (C=O) groups is 4. The average molecular weight is 392 g/mol. The minimum atomic E-state index is -1.10. The summed E-state index contributed by atoms with van der Waals surface area (Å²) in [6, 6.07) is 0. The van der Waals surface area contributed by atoms with E-state index in [9.17, 15) is 19.2 Å². The van der Waals surface area contributed by atoms with Gasteiger partial charge in [-0.1, -0.05) is 6.92 Å². The third-order valence-electron chi connectivity index (χ3n) is 3.28. The van der Waals surface area contributed by atoms with Crippen LogP contribution in [0.5, 0.6) is 0 Å². The molecule has 0 aromatic rings. The zero-order valence-corrected chi connectivity index (χ0v) is 16.2. The maximum absolute atomic E-state index is 11.6. The number of thioether (sulfide) groups is 1. The standard InChI is InChI=1S/C16H24O9S/c1-6-26-16-15(24-11(5)20)14(23-10(4)19)13(22-9(3)18)12(25-16)7-21-8(2)17/h12-16H,6-7H2,1-5H3/t12-,13-,14+,15-,16-/m0/s1. The van der Waals surface area contributed by atoms with Crippen molar-refractivity contribution in [3.8, 4) is 0 Å². The van der Waals surface area contributed by atoms with Crippen LogP contribution in [-0.2, 0) is 42.9 Å². The number of rotatable bonds is 7. The molecule has 0 spiro atoms. The van der Waals surface area contributed by atoms with Gasteiger partial charge < -0.3 is 23.7 Å². The third-order valence-corrected chi connectivity index (χ3v) is 4.32. The maximum atomic E-state index is 11.6. The zero-order valence-electron chi connectivity index (χ0n) is 15.4. The molecule has 26 heavy (non-hydrogen) atoms. The van der Waals surface area contributed by atoms with Crippen LogP contribution in [0.2, 0.25) is 0 Å². The Labute approximate surface area is 156 Å². The van der Waals surface area contributed by atoms with Crippen molar-refractivity contribution in [2.45, 2.75) is 64.5 Å². The van der Waals surface area contributed by atoms with Crippen LogP contribution in [0.25, 0.3) is 0 Å². The SMILES string of the molecule is CCS[C@@H]1O[C@@H](COC(C)=O)[C@H](OC(C)=O)[C@@H](OC(C)=O)[C@@H]1OC(C)=O. The largest absolute Gasteiger partial charge is 0.463 e. The molecule has 1 aliphatic heterocycles. The third kappa shape index (κ3) is 6.83. The molecule has 0 amide bonds. The van der Waals surface area contributed by atoms with E-state index in [0.29, 0.717) is 5.75 Å². The van der Waals surface area contributed by atoms with E-state index in [4.69, 9.17) is 23.7 Å². The molecule has 1 fully saturated rings. The van der Waals surface area contributed by atoms with Gasteiger partial charge in [-0.15, -0.1) is 11.8 Å². The first-order valence-corrected chi connectivity index (χ1v) is 9.12. The first-order valence-electron chi connectivity index (χ1n) is 8.07. The fourth-order valence-corrected chi connectivity index (χ4v) is 3.44. The highest BCUT2D eigenvalue weighted by molar-refractivity contribution is 7.99. The van der Waals surface area contributed by atoms with Crippen LogP contribution < -0.4 is 0 Å². The molecule has 0 aromatic heterocycles. The topological polar surface area (TPSA) is 114 Å². The summed E-state index contributed by atoms with van der Waals surface area (Å²) in [7, 11) is 0. The van der Waals surface area contributed by atoms with E-state index in [0.717, 1.165) is 0 Å². The summed E-state index contributed by atoms with van der Waals surface area (Å²) in [5.74, 6) is -1.81. The highest BCUT2D eigenvalue weighted by Gasteiger charge is 2.52. The Kier molecular flexibility index (Phi) is 8.86. The van der Waals surface area contributed by atoms with Gasteiger partial charge in [0.05, 0.1) is 0 Å². The molecule has 5 atom stereocenters. The van der Waals surface area contributed by atoms with E-state index in [2.05, 4.69) is 0 Å². The van der Waals surface area contributed by atoms with E-state index in [-0.39, 0.29) is 6.61 Å². The quantitative estimate of drug-likeness (QED) is 0.455. The molecule has 0 N–H and O–H groups in total. The summed E-state index contributed by atoms with van der Waals surface area (Å²) in [6.07, 6.45) is -4.07. The number of carbonyl (C=O) groups excluding carboxylic acids is 4. The molecular formula is C16H24O9S. The van der Waals surface area contributed by atoms with Crippen LogP contribution in [0.4, 0.5) is 0 Å². The van der Waals surface area contributed by atoms with Crippen molar-refractivity contribution < 1.29 is 42.9 Å². The van der Waals surface area contributed by atoms with Crippen LogP contribution >= 0.6 is 11.8 Å². The normalized spacial score (nSPS) is 28.0. The van der Waals surface area contributed by atoms with Crippen molar-refractivity contribution in [1.82, 2.24) is 0 Å². The van der Waals surface area contributed by atoms with Gasteiger partial charge in [0, 0.05) is 27.7 Å². The first kappa shape index (κ1) is 22.2. The van der Waals surface area contributed by atoms with Crippen molar-refractivity contribution in [2.75, 3.05) is 12.4 Å². The molecule has 0 aromatic carbocycles. The Morgan fingerprint density at radius 1 is 0.808 bits per heavy atom. The van der Waals surface area contributed by atoms with Crippen LogP contribution in [0.3, 0.4) is 0 Å². The molecule has 9 nitrogen and oxygen atoms in total. The molecule has 0 saturated carbocycles. The predicted molar refractivity (Wildman–Crippen MR) is 90.1 cm³/mol. The van der Waals surface area contributed by atoms with Gasteiger partial charge in [-0.25, -0.2) is 0 Å². The Hall–Kier alpha value is -1.81. The molecular weight excluding hydrogens is 368 g/mol. The fraction of sp³-hybridized carbons (Fsp3) is 0.750. The van der Waals surface area contributed by atoms with Gasteiger partial charge in [0.15, 0.2) is 18.3 Å². The first-order chi connectivity index (χ1) is 12.1. The molecule has 148 valence electrons. The van der Waals surface area contributed by atoms with Gasteiger partial charge >= 0.3 is 23.9 Å². The monoisotopic (exact) mass is 392 g/mol. The van der Waals surface area contributed by atoms with Gasteiger partial charge in [-0.2, -0.15) is 0 Å². The van der Waals surface area contributed by atoms with E-state index < -0.39 is 53.7 Å². The van der Waals surface area contributed by atoms with E-state index >= 15 is 0 Å². The summed E-state index contributed by atoms with van der Waals surface area (Å²) < 4.78 is 26.7. The van der Waals surface area contributed by atoms with Crippen LogP contribution in [0.1, 0.15) is 34.6 Å². The second kappa shape index (κ2) is 10.4. The van der Waals surface area contributed by atoms with Crippen LogP contribution in [0.15, 0.2) is 0 Å². The molecule has 1 rings (SSSR count). The van der Waals surface area contributed by atoms with Crippen molar-refractivity contribution in [3.05, 3.63) is 0 Å². The van der Waals surface area contributed by atoms with Gasteiger partial charge in [0.25, 0.3) is 0 Å². The fourth-order valence-electron chi connectivity index (χ4n) is 2.49. The van der Waals surface area contributed by atoms with Crippen molar-refractivity contribution in [3.63, 3.8) is 0 Å². The Bertz CT molecular complexity index is 536. The Morgan fingerprint density at radius 3 is 1.77 bits per heavy atom. The van der Waals surface area contributed by atoms with Crippen LogP contribution in [0, 0.1) is 0 Å². The van der Waals surface area contributed by atoms with E-state index in [1.807, 2.05) is 6.92 Å². The summed E-state index contributed by atoms with van der Waals surface area (Å²) in [6.45, 7) is 6.48. The Morgan fingerprint density at radius 2 is 1.31 bits per heavy atom. The summed E-state index contributed by atoms with van der Waals surface area (Å²) >= 11 is 1.32. The van der Waals surface area contributed by atoms with E-state index in [1.165, 1.54) is 39.5 Å². The van der Waals surface area contributed by atoms with Crippen LogP contribution in [-0.4, -0.2) is 66.1 Å². The molecule has 1 saturated heterocycles. The lowest BCUT2D eigenvalue weighted by Crippen LogP contribution is -2.61. The highest BCUT2D eigenvalue weighted by Crippen LogP contribution is 2.34. The maximum Gasteiger partial charge on any atom is 0.303 e. The summed E-state index contributed by atoms with van der Waals surface area (Å²) in [4.78, 5) is 45.8. The minimum absolute atomic E-state index is 0.210. The number of ether oxygens (including phenoxy) is 5. The highest BCUT2D eigenvalue weighted by atomic mass is 32.2. The van der Waals surface area contributed by atoms with Crippen molar-refractivity contribution >= 4 is 35.6 Å². The van der Waals surface area contributed by atoms with Crippen molar-refractivity contribution in [2.24, 2.45) is 0 Å². The molecule has 0 unspecified atom stereocenters. The molecule has 0 radical (unpaired) electrons. The van der Waals surface area contributed by atoms with Gasteiger partial charge in [-0.3, -0.25) is 19.2 Å². The molecule has 1 aliphatic rings. The number of esters is 4. The van der Waals surface area contributed by atoms with E-state index in [1.54, 1.807) is 0 Å². The second-order valence-corrected chi connectivity index (χ2v) is 6.90. The molecule has 0 aliphatic carbocycles. The lowest BCUT2D eigenvalue weighted by Gasteiger charge is -2.44. The van der Waals surface area contributed by atoms with Crippen molar-refractivity contribution in [1.29, 1.82) is 0 Å². The van der Waals surface area contributed by atoms with Gasteiger partial charge in [0.1, 0.15) is 18.1 Å². The molecule has 0 bridgehead atoms. The smallest absolute Gasteiger partial charge is 0.303 e. The lowest BCUT2D eigenvalue weighted by atomic mass is 9.99. The average Bonchev–Trinajstić information content (AvgIpc) is 2.50. The number of hydrogen-bond donors (Lipinski definition) is 0. The molecule has 1 heterocycles. The Balaban J connectivity index is 3.22. The zero-order chi connectivity index (χ0) is 19.9. The minimum Gasteiger partial charge on any atom is -0.463 e. The number of hydrogen-bond acceptors (Lipinski definition) is 10. The lowest BCUT2D eigenvalue weighted by molar-refractivity contribution is -0.237. The summed E-state index contributed by atoms with van der Waals surface area (Å²) in [5.41, 5.74) is -0.694. The van der Waals surface area contributed by atoms with Gasteiger partial charge in [0.2, 0.25) is 0 Å².